The van der Waals surface area contributed by atoms with Crippen LogP contribution in [0, 0.1) is 0 Å². The van der Waals surface area contributed by atoms with Crippen molar-refractivity contribution >= 4 is 34.9 Å². The molecule has 28 heavy (non-hydrogen) atoms. The summed E-state index contributed by atoms with van der Waals surface area (Å²) in [5, 5.41) is 3.02. The third kappa shape index (κ3) is 4.30. The van der Waals surface area contributed by atoms with E-state index in [1.807, 2.05) is 0 Å². The van der Waals surface area contributed by atoms with Crippen molar-refractivity contribution in [2.24, 2.45) is 0 Å². The van der Waals surface area contributed by atoms with Gasteiger partial charge in [0.15, 0.2) is 11.6 Å². The van der Waals surface area contributed by atoms with Gasteiger partial charge in [-0.3, -0.25) is 20.6 Å². The van der Waals surface area contributed by atoms with Gasteiger partial charge in [0, 0.05) is 11.9 Å². The molecule has 3 aromatic rings. The van der Waals surface area contributed by atoms with E-state index < -0.39 is 11.9 Å². The number of nitrogens with two attached hydrogens (primary N) is 1. The first-order valence-electron chi connectivity index (χ1n) is 8.11. The Kier molecular flexibility index (Phi) is 5.60. The molecule has 0 atom stereocenters. The van der Waals surface area contributed by atoms with Crippen LogP contribution in [0.25, 0.3) is 0 Å². The Morgan fingerprint density at radius 3 is 2.43 bits per heavy atom. The number of nitrogens with one attached hydrogen (secondary N) is 3. The average Bonchev–Trinajstić information content (AvgIpc) is 2.74. The number of rotatable bonds is 6. The number of aromatic nitrogens is 3. The summed E-state index contributed by atoms with van der Waals surface area (Å²) in [6.07, 6.45) is 2.80. The Morgan fingerprint density at radius 1 is 1.00 bits per heavy atom. The number of hydrogen-bond acceptors (Lipinski definition) is 9. The lowest BCUT2D eigenvalue weighted by Crippen LogP contribution is -2.31. The van der Waals surface area contributed by atoms with Crippen LogP contribution in [0.15, 0.2) is 55.0 Å². The first-order valence-corrected chi connectivity index (χ1v) is 8.11. The van der Waals surface area contributed by atoms with E-state index in [1.165, 1.54) is 19.6 Å². The van der Waals surface area contributed by atoms with Gasteiger partial charge in [-0.1, -0.05) is 6.07 Å². The second-order valence-corrected chi connectivity index (χ2v) is 5.47. The van der Waals surface area contributed by atoms with E-state index in [1.54, 1.807) is 42.5 Å². The normalized spacial score (nSPS) is 10.0. The molecule has 0 aliphatic rings. The van der Waals surface area contributed by atoms with Crippen LogP contribution < -0.4 is 21.9 Å². The van der Waals surface area contributed by atoms with E-state index in [9.17, 15) is 9.59 Å². The highest BCUT2D eigenvalue weighted by molar-refractivity contribution is 5.93. The number of esters is 1. The lowest BCUT2D eigenvalue weighted by molar-refractivity contribution is 0.0600. The molecule has 0 aliphatic carbocycles. The lowest BCUT2D eigenvalue weighted by Gasteiger charge is -2.13. The van der Waals surface area contributed by atoms with Crippen molar-refractivity contribution in [3.8, 4) is 0 Å². The monoisotopic (exact) mass is 379 g/mol. The van der Waals surface area contributed by atoms with Crippen molar-refractivity contribution in [3.63, 3.8) is 0 Å². The number of nitrogen functional groups attached to an aromatic ring is 1. The molecule has 0 unspecified atom stereocenters. The molecule has 10 heteroatoms. The van der Waals surface area contributed by atoms with Gasteiger partial charge in [-0.15, -0.1) is 0 Å². The van der Waals surface area contributed by atoms with Crippen LogP contribution in [0.1, 0.15) is 20.8 Å². The highest BCUT2D eigenvalue weighted by Crippen LogP contribution is 2.25. The fraction of sp³-hybridized carbons (Fsp3) is 0.0556. The van der Waals surface area contributed by atoms with Crippen LogP contribution in [-0.4, -0.2) is 33.9 Å². The molecule has 0 saturated carbocycles. The zero-order valence-corrected chi connectivity index (χ0v) is 14.8. The predicted octanol–water partition coefficient (Wildman–Crippen LogP) is 1.74. The molecule has 0 saturated heterocycles. The third-order valence-electron chi connectivity index (χ3n) is 3.64. The van der Waals surface area contributed by atoms with Crippen LogP contribution in [0.4, 0.5) is 23.0 Å². The summed E-state index contributed by atoms with van der Waals surface area (Å²) in [6.45, 7) is 0. The predicted molar refractivity (Wildman–Crippen MR) is 103 cm³/mol. The van der Waals surface area contributed by atoms with Gasteiger partial charge < -0.3 is 15.8 Å². The van der Waals surface area contributed by atoms with E-state index in [4.69, 9.17) is 5.73 Å². The van der Waals surface area contributed by atoms with E-state index in [-0.39, 0.29) is 17.2 Å². The van der Waals surface area contributed by atoms with Crippen LogP contribution in [0.5, 0.6) is 0 Å². The van der Waals surface area contributed by atoms with Crippen molar-refractivity contribution < 1.29 is 14.3 Å². The summed E-state index contributed by atoms with van der Waals surface area (Å²) in [6, 6.07) is 11.6. The highest BCUT2D eigenvalue weighted by atomic mass is 16.5. The molecular formula is C18H17N7O3. The number of methoxy groups -OCH3 is 1. The van der Waals surface area contributed by atoms with Crippen LogP contribution in [0.3, 0.4) is 0 Å². The number of benzene rings is 1. The van der Waals surface area contributed by atoms with Gasteiger partial charge in [0.25, 0.3) is 5.91 Å². The van der Waals surface area contributed by atoms with Gasteiger partial charge in [0.05, 0.1) is 12.7 Å². The number of hydrogen-bond donors (Lipinski definition) is 4. The summed E-state index contributed by atoms with van der Waals surface area (Å²) in [4.78, 5) is 35.6. The van der Waals surface area contributed by atoms with E-state index in [0.717, 1.165) is 0 Å². The summed E-state index contributed by atoms with van der Waals surface area (Å²) < 4.78 is 4.66. The maximum Gasteiger partial charge on any atom is 0.337 e. The largest absolute Gasteiger partial charge is 0.465 e. The van der Waals surface area contributed by atoms with E-state index in [0.29, 0.717) is 17.1 Å². The molecule has 0 fully saturated rings. The number of carbonyl (C=O) groups is 2. The molecule has 3 rings (SSSR count). The number of anilines is 4. The van der Waals surface area contributed by atoms with Gasteiger partial charge in [-0.2, -0.15) is 0 Å². The maximum absolute atomic E-state index is 12.0. The first kappa shape index (κ1) is 18.6. The second kappa shape index (κ2) is 8.45. The Hall–Kier alpha value is -4.21. The van der Waals surface area contributed by atoms with Gasteiger partial charge in [0.1, 0.15) is 17.7 Å². The molecule has 1 aromatic carbocycles. The smallest absolute Gasteiger partial charge is 0.337 e. The topological polar surface area (TPSA) is 144 Å². The highest BCUT2D eigenvalue weighted by Gasteiger charge is 2.11. The van der Waals surface area contributed by atoms with Crippen LogP contribution >= 0.6 is 0 Å². The second-order valence-electron chi connectivity index (χ2n) is 5.47. The Morgan fingerprint density at radius 2 is 1.75 bits per heavy atom. The third-order valence-corrected chi connectivity index (χ3v) is 3.64. The Balaban J connectivity index is 1.69. The maximum atomic E-state index is 12.0. The molecule has 2 aromatic heterocycles. The number of nitrogens with zero attached hydrogens (tertiary/aromatic N) is 3. The van der Waals surface area contributed by atoms with Crippen LogP contribution in [0.2, 0.25) is 0 Å². The van der Waals surface area contributed by atoms with Crippen molar-refractivity contribution in [2.75, 3.05) is 23.6 Å². The molecular weight excluding hydrogens is 362 g/mol. The standard InChI is InChI=1S/C18H17N7O3/c1-28-18(27)11-5-7-12(8-6-11)23-15-14(19)16(22-10-21-15)24-25-17(26)13-4-2-3-9-20-13/h2-10H,19H2,1H3,(H,25,26)(H2,21,22,23,24). The summed E-state index contributed by atoms with van der Waals surface area (Å²) in [7, 11) is 1.32. The summed E-state index contributed by atoms with van der Waals surface area (Å²) >= 11 is 0. The average molecular weight is 379 g/mol. The Labute approximate surface area is 160 Å². The molecule has 142 valence electrons. The lowest BCUT2D eigenvalue weighted by atomic mass is 10.2. The minimum absolute atomic E-state index is 0.195. The summed E-state index contributed by atoms with van der Waals surface area (Å²) in [5.41, 5.74) is 12.7. The molecule has 0 aliphatic heterocycles. The van der Waals surface area contributed by atoms with Crippen molar-refractivity contribution in [2.45, 2.75) is 0 Å². The zero-order valence-electron chi connectivity index (χ0n) is 14.8. The number of pyridine rings is 1. The van der Waals surface area contributed by atoms with Gasteiger partial charge in [-0.05, 0) is 36.4 Å². The molecule has 1 amide bonds. The van der Waals surface area contributed by atoms with Crippen molar-refractivity contribution in [1.29, 1.82) is 0 Å². The zero-order chi connectivity index (χ0) is 19.9. The van der Waals surface area contributed by atoms with Gasteiger partial charge in [-0.25, -0.2) is 14.8 Å². The van der Waals surface area contributed by atoms with Crippen molar-refractivity contribution in [1.82, 2.24) is 20.4 Å². The number of amides is 1. The molecule has 5 N–H and O–H groups in total. The fourth-order valence-electron chi connectivity index (χ4n) is 2.22. The fourth-order valence-corrected chi connectivity index (χ4v) is 2.22. The minimum atomic E-state index is -0.438. The number of ether oxygens (including phenoxy) is 1. The molecule has 2 heterocycles. The van der Waals surface area contributed by atoms with E-state index in [2.05, 4.69) is 35.9 Å². The molecule has 10 nitrogen and oxygen atoms in total. The van der Waals surface area contributed by atoms with Gasteiger partial charge >= 0.3 is 5.97 Å². The van der Waals surface area contributed by atoms with Crippen molar-refractivity contribution in [3.05, 3.63) is 66.2 Å². The molecule has 0 radical (unpaired) electrons. The Bertz CT molecular complexity index is 978. The first-order chi connectivity index (χ1) is 13.6. The summed E-state index contributed by atoms with van der Waals surface area (Å²) in [5.74, 6) is -0.321. The number of carbonyl (C=O) groups excluding carboxylic acids is 2. The molecule has 0 spiro atoms. The SMILES string of the molecule is COC(=O)c1ccc(Nc2ncnc(NNC(=O)c3ccccn3)c2N)cc1. The number of hydrazine groups is 1. The van der Waals surface area contributed by atoms with Crippen LogP contribution in [-0.2, 0) is 4.74 Å². The minimum Gasteiger partial charge on any atom is -0.465 e. The quantitative estimate of drug-likeness (QED) is 0.372. The van der Waals surface area contributed by atoms with Gasteiger partial charge in [0.2, 0.25) is 0 Å². The molecule has 0 bridgehead atoms. The van der Waals surface area contributed by atoms with E-state index >= 15 is 0 Å².